The number of rotatable bonds is 4. The predicted molar refractivity (Wildman–Crippen MR) is 96.7 cm³/mol. The number of carbonyl (C=O) groups is 1. The van der Waals surface area contributed by atoms with Gasteiger partial charge in [0.2, 0.25) is 5.91 Å². The van der Waals surface area contributed by atoms with Crippen LogP contribution in [0.2, 0.25) is 5.02 Å². The average Bonchev–Trinajstić information content (AvgIpc) is 3.12. The predicted octanol–water partition coefficient (Wildman–Crippen LogP) is 4.09. The minimum Gasteiger partial charge on any atom is -0.486 e. The molecule has 0 spiro atoms. The molecule has 138 valence electrons. The van der Waals surface area contributed by atoms with Crippen LogP contribution in [0.1, 0.15) is 5.69 Å². The fourth-order valence-electron chi connectivity index (χ4n) is 2.67. The van der Waals surface area contributed by atoms with E-state index >= 15 is 0 Å². The standard InChI is InChI=1S/C19H14ClFN2O4/c20-14-8-12(2-3-15(14)21)22-19(24)10-13-9-17(27-23-13)11-1-4-16-18(7-11)26-6-5-25-16/h1-4,7-9H,5-6,10H2,(H,22,24). The van der Waals surface area contributed by atoms with E-state index in [9.17, 15) is 9.18 Å². The third-order valence-corrected chi connectivity index (χ3v) is 4.22. The first-order valence-electron chi connectivity index (χ1n) is 8.19. The van der Waals surface area contributed by atoms with E-state index in [1.807, 2.05) is 6.07 Å². The molecule has 2 aromatic carbocycles. The van der Waals surface area contributed by atoms with Gasteiger partial charge in [0.05, 0.1) is 17.1 Å². The van der Waals surface area contributed by atoms with E-state index in [2.05, 4.69) is 10.5 Å². The first kappa shape index (κ1) is 17.4. The van der Waals surface area contributed by atoms with Crippen LogP contribution in [-0.2, 0) is 11.2 Å². The van der Waals surface area contributed by atoms with Gasteiger partial charge in [0.1, 0.15) is 19.0 Å². The van der Waals surface area contributed by atoms with Crippen LogP contribution in [0, 0.1) is 5.82 Å². The minimum absolute atomic E-state index is 0.00302. The van der Waals surface area contributed by atoms with Crippen LogP contribution in [0.4, 0.5) is 10.1 Å². The second-order valence-corrected chi connectivity index (χ2v) is 6.30. The third-order valence-electron chi connectivity index (χ3n) is 3.93. The van der Waals surface area contributed by atoms with Crippen LogP contribution in [0.3, 0.4) is 0 Å². The third kappa shape index (κ3) is 3.88. The van der Waals surface area contributed by atoms with Crippen molar-refractivity contribution in [3.8, 4) is 22.8 Å². The number of halogens is 2. The van der Waals surface area contributed by atoms with Crippen LogP contribution < -0.4 is 14.8 Å². The molecule has 1 aromatic heterocycles. The van der Waals surface area contributed by atoms with Crippen molar-refractivity contribution in [1.82, 2.24) is 5.16 Å². The average molecular weight is 389 g/mol. The summed E-state index contributed by atoms with van der Waals surface area (Å²) in [5.74, 6) is 0.972. The summed E-state index contributed by atoms with van der Waals surface area (Å²) in [6, 6.07) is 11.1. The quantitative estimate of drug-likeness (QED) is 0.728. The fraction of sp³-hybridized carbons (Fsp3) is 0.158. The molecular weight excluding hydrogens is 375 g/mol. The van der Waals surface area contributed by atoms with Crippen molar-refractivity contribution in [1.29, 1.82) is 0 Å². The number of carbonyl (C=O) groups excluding carboxylic acids is 1. The molecule has 0 unspecified atom stereocenters. The molecule has 6 nitrogen and oxygen atoms in total. The van der Waals surface area contributed by atoms with Gasteiger partial charge in [-0.05, 0) is 36.4 Å². The van der Waals surface area contributed by atoms with E-state index in [4.69, 9.17) is 25.6 Å². The van der Waals surface area contributed by atoms with Gasteiger partial charge in [-0.1, -0.05) is 16.8 Å². The summed E-state index contributed by atoms with van der Waals surface area (Å²) < 4.78 is 29.5. The van der Waals surface area contributed by atoms with Gasteiger partial charge >= 0.3 is 0 Å². The summed E-state index contributed by atoms with van der Waals surface area (Å²) in [5, 5.41) is 6.50. The van der Waals surface area contributed by atoms with Crippen LogP contribution >= 0.6 is 11.6 Å². The van der Waals surface area contributed by atoms with Crippen molar-refractivity contribution in [3.63, 3.8) is 0 Å². The molecule has 0 atom stereocenters. The Morgan fingerprint density at radius 2 is 1.93 bits per heavy atom. The molecule has 27 heavy (non-hydrogen) atoms. The van der Waals surface area contributed by atoms with Gasteiger partial charge < -0.3 is 19.3 Å². The van der Waals surface area contributed by atoms with Crippen LogP contribution in [0.5, 0.6) is 11.5 Å². The monoisotopic (exact) mass is 388 g/mol. The highest BCUT2D eigenvalue weighted by Crippen LogP contribution is 2.34. The smallest absolute Gasteiger partial charge is 0.230 e. The van der Waals surface area contributed by atoms with Gasteiger partial charge in [0, 0.05) is 17.3 Å². The lowest BCUT2D eigenvalue weighted by Crippen LogP contribution is -2.15. The summed E-state index contributed by atoms with van der Waals surface area (Å²) >= 11 is 5.71. The number of fused-ring (bicyclic) bond motifs is 1. The molecule has 1 aliphatic heterocycles. The Morgan fingerprint density at radius 1 is 1.11 bits per heavy atom. The maximum atomic E-state index is 13.2. The molecule has 1 amide bonds. The molecule has 1 aliphatic rings. The Morgan fingerprint density at radius 3 is 2.74 bits per heavy atom. The number of hydrogen-bond acceptors (Lipinski definition) is 5. The van der Waals surface area contributed by atoms with Gasteiger partial charge in [0.15, 0.2) is 17.3 Å². The lowest BCUT2D eigenvalue weighted by atomic mass is 10.1. The lowest BCUT2D eigenvalue weighted by molar-refractivity contribution is -0.115. The van der Waals surface area contributed by atoms with E-state index < -0.39 is 5.82 Å². The molecule has 0 bridgehead atoms. The van der Waals surface area contributed by atoms with Crippen LogP contribution in [-0.4, -0.2) is 24.3 Å². The normalized spacial score (nSPS) is 12.7. The lowest BCUT2D eigenvalue weighted by Gasteiger charge is -2.18. The number of nitrogens with zero attached hydrogens (tertiary/aromatic N) is 1. The molecule has 4 rings (SSSR count). The Kier molecular flexibility index (Phi) is 4.68. The maximum absolute atomic E-state index is 13.2. The van der Waals surface area contributed by atoms with E-state index in [1.54, 1.807) is 18.2 Å². The molecule has 0 fully saturated rings. The number of hydrogen-bond donors (Lipinski definition) is 1. The van der Waals surface area contributed by atoms with Gasteiger partial charge in [-0.25, -0.2) is 4.39 Å². The van der Waals surface area contributed by atoms with Gasteiger partial charge in [-0.3, -0.25) is 4.79 Å². The number of anilines is 1. The summed E-state index contributed by atoms with van der Waals surface area (Å²) in [6.07, 6.45) is 0.00302. The first-order chi connectivity index (χ1) is 13.1. The van der Waals surface area contributed by atoms with Crippen LogP contribution in [0.25, 0.3) is 11.3 Å². The largest absolute Gasteiger partial charge is 0.486 e. The summed E-state index contributed by atoms with van der Waals surface area (Å²) in [5.41, 5.74) is 1.64. The Labute approximate surface area is 158 Å². The van der Waals surface area contributed by atoms with Crippen molar-refractivity contribution in [2.75, 3.05) is 18.5 Å². The van der Waals surface area contributed by atoms with Gasteiger partial charge in [-0.2, -0.15) is 0 Å². The van der Waals surface area contributed by atoms with Crippen molar-refractivity contribution >= 4 is 23.2 Å². The Hall–Kier alpha value is -3.06. The molecule has 0 saturated carbocycles. The number of aromatic nitrogens is 1. The second kappa shape index (κ2) is 7.28. The van der Waals surface area contributed by atoms with E-state index in [0.717, 1.165) is 5.56 Å². The van der Waals surface area contributed by atoms with Crippen molar-refractivity contribution in [2.45, 2.75) is 6.42 Å². The number of nitrogens with one attached hydrogen (secondary N) is 1. The minimum atomic E-state index is -0.546. The zero-order valence-corrected chi connectivity index (χ0v) is 14.8. The van der Waals surface area contributed by atoms with E-state index in [0.29, 0.717) is 41.9 Å². The molecule has 0 radical (unpaired) electrons. The zero-order chi connectivity index (χ0) is 18.8. The highest BCUT2D eigenvalue weighted by atomic mass is 35.5. The molecule has 2 heterocycles. The zero-order valence-electron chi connectivity index (χ0n) is 14.0. The second-order valence-electron chi connectivity index (χ2n) is 5.89. The molecule has 0 aliphatic carbocycles. The number of benzene rings is 2. The van der Waals surface area contributed by atoms with Crippen molar-refractivity contribution in [2.24, 2.45) is 0 Å². The molecule has 0 saturated heterocycles. The van der Waals surface area contributed by atoms with Gasteiger partial charge in [0.25, 0.3) is 0 Å². The van der Waals surface area contributed by atoms with Crippen molar-refractivity contribution in [3.05, 3.63) is 59.0 Å². The van der Waals surface area contributed by atoms with Crippen molar-refractivity contribution < 1.29 is 23.2 Å². The molecular formula is C19H14ClFN2O4. The van der Waals surface area contributed by atoms with E-state index in [1.165, 1.54) is 18.2 Å². The molecule has 8 heteroatoms. The topological polar surface area (TPSA) is 73.6 Å². The summed E-state index contributed by atoms with van der Waals surface area (Å²) in [4.78, 5) is 12.1. The Balaban J connectivity index is 1.44. The SMILES string of the molecule is O=C(Cc1cc(-c2ccc3c(c2)OCCO3)on1)Nc1ccc(F)c(Cl)c1. The first-order valence-corrected chi connectivity index (χ1v) is 8.57. The highest BCUT2D eigenvalue weighted by Gasteiger charge is 2.16. The number of ether oxygens (including phenoxy) is 2. The van der Waals surface area contributed by atoms with E-state index in [-0.39, 0.29) is 17.4 Å². The highest BCUT2D eigenvalue weighted by molar-refractivity contribution is 6.31. The fourth-order valence-corrected chi connectivity index (χ4v) is 2.85. The van der Waals surface area contributed by atoms with Crippen LogP contribution in [0.15, 0.2) is 47.0 Å². The summed E-state index contributed by atoms with van der Waals surface area (Å²) in [7, 11) is 0. The molecule has 3 aromatic rings. The summed E-state index contributed by atoms with van der Waals surface area (Å²) in [6.45, 7) is 1.01. The van der Waals surface area contributed by atoms with Gasteiger partial charge in [-0.15, -0.1) is 0 Å². The number of amides is 1. The maximum Gasteiger partial charge on any atom is 0.230 e. The molecule has 1 N–H and O–H groups in total. The Bertz CT molecular complexity index is 1010.